The Balaban J connectivity index is 0.000000640. The highest BCUT2D eigenvalue weighted by atomic mass is 35.5. The molecule has 0 spiro atoms. The van der Waals surface area contributed by atoms with Crippen LogP contribution in [0.3, 0.4) is 0 Å². The summed E-state index contributed by atoms with van der Waals surface area (Å²) in [5.74, 6) is 0. The third kappa shape index (κ3) is 3.22. The molecule has 0 bridgehead atoms. The van der Waals surface area contributed by atoms with Gasteiger partial charge in [-0.25, -0.2) is 0 Å². The van der Waals surface area contributed by atoms with Crippen LogP contribution in [0.1, 0.15) is 0 Å². The summed E-state index contributed by atoms with van der Waals surface area (Å²) < 4.78 is 0. The van der Waals surface area contributed by atoms with Crippen molar-refractivity contribution in [3.05, 3.63) is 35.7 Å². The Morgan fingerprint density at radius 3 is 2.78 bits per heavy atom. The van der Waals surface area contributed by atoms with Crippen molar-refractivity contribution >= 4 is 24.0 Å². The van der Waals surface area contributed by atoms with E-state index in [2.05, 4.69) is 5.32 Å². The van der Waals surface area contributed by atoms with Crippen molar-refractivity contribution in [3.63, 3.8) is 0 Å². The molecule has 1 heterocycles. The van der Waals surface area contributed by atoms with E-state index >= 15 is 0 Å². The first-order valence-corrected chi connectivity index (χ1v) is 2.73. The van der Waals surface area contributed by atoms with Gasteiger partial charge in [0, 0.05) is 6.20 Å². The van der Waals surface area contributed by atoms with Crippen LogP contribution in [-0.2, 0) is 0 Å². The Bertz CT molecular complexity index is 158. The summed E-state index contributed by atoms with van der Waals surface area (Å²) in [5, 5.41) is 3.48. The monoisotopic (exact) mass is 163 g/mol. The van der Waals surface area contributed by atoms with Crippen LogP contribution in [0.15, 0.2) is 35.7 Å². The molecule has 1 N–H and O–H groups in total. The summed E-state index contributed by atoms with van der Waals surface area (Å²) in [7, 11) is 0. The minimum atomic E-state index is 0. The van der Waals surface area contributed by atoms with Crippen molar-refractivity contribution in [3.8, 4) is 0 Å². The Morgan fingerprint density at radius 2 is 2.00 bits per heavy atom. The topological polar surface area (TPSA) is 12.0 Å². The van der Waals surface area contributed by atoms with Gasteiger partial charge < -0.3 is 5.32 Å². The molecule has 1 aliphatic rings. The molecule has 1 rings (SSSR count). The molecule has 0 saturated carbocycles. The van der Waals surface area contributed by atoms with Crippen LogP contribution in [0.2, 0.25) is 0 Å². The molecule has 0 aromatic carbocycles. The van der Waals surface area contributed by atoms with E-state index in [1.807, 2.05) is 18.2 Å². The molecular weight excluding hydrogens is 157 g/mol. The molecule has 3 heteroatoms. The third-order valence-electron chi connectivity index (χ3n) is 0.782. The van der Waals surface area contributed by atoms with E-state index in [9.17, 15) is 0 Å². The highest BCUT2D eigenvalue weighted by molar-refractivity contribution is 6.29. The Morgan fingerprint density at radius 1 is 1.22 bits per heavy atom. The van der Waals surface area contributed by atoms with Gasteiger partial charge in [-0.15, -0.1) is 12.4 Å². The molecule has 0 unspecified atom stereocenters. The molecule has 0 aromatic heterocycles. The Hall–Kier alpha value is -0.400. The van der Waals surface area contributed by atoms with E-state index in [0.29, 0.717) is 5.16 Å². The number of nitrogens with one attached hydrogen (secondary N) is 1. The fourth-order valence-electron chi connectivity index (χ4n) is 0.436. The molecule has 0 aromatic rings. The van der Waals surface area contributed by atoms with Crippen molar-refractivity contribution in [2.75, 3.05) is 0 Å². The lowest BCUT2D eigenvalue weighted by atomic mass is 10.5. The van der Waals surface area contributed by atoms with E-state index < -0.39 is 0 Å². The van der Waals surface area contributed by atoms with Crippen molar-refractivity contribution in [2.24, 2.45) is 0 Å². The summed E-state index contributed by atoms with van der Waals surface area (Å²) in [6.45, 7) is 0. The van der Waals surface area contributed by atoms with Crippen LogP contribution in [-0.4, -0.2) is 0 Å². The SMILES string of the molecule is Cl.ClC1=CC=CC=CN1. The fraction of sp³-hybridized carbons (Fsp3) is 0. The van der Waals surface area contributed by atoms with Crippen molar-refractivity contribution in [2.45, 2.75) is 0 Å². The fourth-order valence-corrected chi connectivity index (χ4v) is 0.571. The molecule has 0 amide bonds. The van der Waals surface area contributed by atoms with Gasteiger partial charge in [0.1, 0.15) is 5.16 Å². The summed E-state index contributed by atoms with van der Waals surface area (Å²) in [6.07, 6.45) is 9.23. The molecule has 1 nitrogen and oxygen atoms in total. The van der Waals surface area contributed by atoms with E-state index in [0.717, 1.165) is 0 Å². The minimum absolute atomic E-state index is 0. The second-order valence-corrected chi connectivity index (χ2v) is 1.81. The van der Waals surface area contributed by atoms with Crippen LogP contribution >= 0.6 is 24.0 Å². The summed E-state index contributed by atoms with van der Waals surface area (Å²) in [5.41, 5.74) is 0. The molecule has 0 fully saturated rings. The van der Waals surface area contributed by atoms with Crippen LogP contribution in [0, 0.1) is 0 Å². The van der Waals surface area contributed by atoms with E-state index in [4.69, 9.17) is 11.6 Å². The third-order valence-corrected chi connectivity index (χ3v) is 1.02. The maximum Gasteiger partial charge on any atom is 0.106 e. The second kappa shape index (κ2) is 4.48. The van der Waals surface area contributed by atoms with E-state index in [1.165, 1.54) is 0 Å². The Kier molecular flexibility index (Phi) is 4.28. The average molecular weight is 164 g/mol. The van der Waals surface area contributed by atoms with Gasteiger partial charge in [0.05, 0.1) is 0 Å². The zero-order valence-corrected chi connectivity index (χ0v) is 6.25. The normalized spacial score (nSPS) is 15.0. The van der Waals surface area contributed by atoms with Crippen LogP contribution in [0.25, 0.3) is 0 Å². The molecule has 1 aliphatic heterocycles. The van der Waals surface area contributed by atoms with Crippen molar-refractivity contribution < 1.29 is 0 Å². The summed E-state index contributed by atoms with van der Waals surface area (Å²) in [4.78, 5) is 0. The lowest BCUT2D eigenvalue weighted by Crippen LogP contribution is -1.95. The molecule has 0 saturated heterocycles. The minimum Gasteiger partial charge on any atom is -0.352 e. The maximum absolute atomic E-state index is 5.57. The van der Waals surface area contributed by atoms with Gasteiger partial charge >= 0.3 is 0 Å². The van der Waals surface area contributed by atoms with Crippen molar-refractivity contribution in [1.82, 2.24) is 5.32 Å². The van der Waals surface area contributed by atoms with Crippen LogP contribution in [0.4, 0.5) is 0 Å². The number of hydrogen-bond donors (Lipinski definition) is 1. The van der Waals surface area contributed by atoms with Crippen LogP contribution in [0.5, 0.6) is 0 Å². The quantitative estimate of drug-likeness (QED) is 0.541. The molecule has 9 heavy (non-hydrogen) atoms. The predicted molar refractivity (Wildman–Crippen MR) is 42.6 cm³/mol. The van der Waals surface area contributed by atoms with Crippen LogP contribution < -0.4 is 5.32 Å². The van der Waals surface area contributed by atoms with Gasteiger partial charge in [-0.3, -0.25) is 0 Å². The van der Waals surface area contributed by atoms with Gasteiger partial charge in [-0.1, -0.05) is 23.8 Å². The lowest BCUT2D eigenvalue weighted by molar-refractivity contribution is 1.17. The standard InChI is InChI=1S/C6H6ClN.ClH/c7-6-4-2-1-3-5-8-6;/h1-5,8H;1H. The number of allylic oxidation sites excluding steroid dienone is 4. The van der Waals surface area contributed by atoms with Gasteiger partial charge in [-0.2, -0.15) is 0 Å². The second-order valence-electron chi connectivity index (χ2n) is 1.40. The molecule has 0 radical (unpaired) electrons. The molecule has 0 aliphatic carbocycles. The first kappa shape index (κ1) is 8.60. The van der Waals surface area contributed by atoms with E-state index in [1.54, 1.807) is 12.3 Å². The molecular formula is C6H7Cl2N. The highest BCUT2D eigenvalue weighted by Gasteiger charge is 1.83. The maximum atomic E-state index is 5.57. The molecule has 50 valence electrons. The zero-order valence-electron chi connectivity index (χ0n) is 4.67. The van der Waals surface area contributed by atoms with E-state index in [-0.39, 0.29) is 12.4 Å². The van der Waals surface area contributed by atoms with Gasteiger partial charge in [-0.05, 0) is 12.2 Å². The van der Waals surface area contributed by atoms with Gasteiger partial charge in [0.25, 0.3) is 0 Å². The van der Waals surface area contributed by atoms with Gasteiger partial charge in [0.15, 0.2) is 0 Å². The van der Waals surface area contributed by atoms with Crippen molar-refractivity contribution in [1.29, 1.82) is 0 Å². The lowest BCUT2D eigenvalue weighted by Gasteiger charge is -1.90. The number of rotatable bonds is 0. The summed E-state index contributed by atoms with van der Waals surface area (Å²) >= 11 is 5.57. The predicted octanol–water partition coefficient (Wildman–Crippen LogP) is 2.16. The smallest absolute Gasteiger partial charge is 0.106 e. The zero-order chi connectivity index (χ0) is 5.82. The largest absolute Gasteiger partial charge is 0.352 e. The van der Waals surface area contributed by atoms with Gasteiger partial charge in [0.2, 0.25) is 0 Å². The average Bonchev–Trinajstić information content (AvgIpc) is 1.94. The number of hydrogen-bond acceptors (Lipinski definition) is 1. The number of halogens is 2. The summed E-state index contributed by atoms with van der Waals surface area (Å²) in [6, 6.07) is 0. The molecule has 0 atom stereocenters. The highest BCUT2D eigenvalue weighted by Crippen LogP contribution is 1.98. The first-order chi connectivity index (χ1) is 3.89. The first-order valence-electron chi connectivity index (χ1n) is 2.35. The Labute approximate surface area is 65.5 Å².